The fourth-order valence-corrected chi connectivity index (χ4v) is 8.85. The number of fused-ring (bicyclic) bond motifs is 4. The van der Waals surface area contributed by atoms with E-state index < -0.39 is 0 Å². The molecule has 2 aromatic heterocycles. The van der Waals surface area contributed by atoms with Gasteiger partial charge in [0.25, 0.3) is 0 Å². The molecule has 3 heterocycles. The monoisotopic (exact) mass is 816 g/mol. The van der Waals surface area contributed by atoms with E-state index in [1.54, 1.807) is 0 Å². The summed E-state index contributed by atoms with van der Waals surface area (Å²) in [6.07, 6.45) is 2.06. The maximum atomic E-state index is 6.78. The van der Waals surface area contributed by atoms with Gasteiger partial charge in [0.05, 0.1) is 22.4 Å². The van der Waals surface area contributed by atoms with Crippen LogP contribution in [0.4, 0.5) is 22.7 Å². The molecule has 1 aliphatic heterocycles. The van der Waals surface area contributed by atoms with Gasteiger partial charge >= 0.3 is 0 Å². The predicted molar refractivity (Wildman–Crippen MR) is 263 cm³/mol. The van der Waals surface area contributed by atoms with E-state index in [2.05, 4.69) is 236 Å². The Morgan fingerprint density at radius 3 is 1.76 bits per heavy atom. The highest BCUT2D eigenvalue weighted by Crippen LogP contribution is 2.47. The minimum Gasteiger partial charge on any atom is -0.457 e. The average Bonchev–Trinajstić information content (AvgIpc) is 3.79. The van der Waals surface area contributed by atoms with Gasteiger partial charge in [-0.25, -0.2) is 4.98 Å². The van der Waals surface area contributed by atoms with E-state index in [4.69, 9.17) is 9.72 Å². The van der Waals surface area contributed by atoms with Crippen molar-refractivity contribution in [2.24, 2.45) is 0 Å². The van der Waals surface area contributed by atoms with Gasteiger partial charge in [-0.1, -0.05) is 143 Å². The Morgan fingerprint density at radius 1 is 0.516 bits per heavy atom. The molecule has 62 heavy (non-hydrogen) atoms. The first-order valence-electron chi connectivity index (χ1n) is 22.2. The van der Waals surface area contributed by atoms with Gasteiger partial charge in [-0.3, -0.25) is 4.57 Å². The zero-order chi connectivity index (χ0) is 43.7. The summed E-state index contributed by atoms with van der Waals surface area (Å²) in [5, 5.41) is 2.35. The van der Waals surface area contributed by atoms with Crippen molar-refractivity contribution in [3.63, 3.8) is 0 Å². The Labute approximate surface area is 368 Å². The van der Waals surface area contributed by atoms with Gasteiger partial charge in [0.1, 0.15) is 24.0 Å². The minimum absolute atomic E-state index is 0.0233. The van der Waals surface area contributed by atoms with E-state index in [0.29, 0.717) is 12.6 Å². The molecule has 9 rings (SSSR count). The van der Waals surface area contributed by atoms with E-state index in [-0.39, 0.29) is 16.2 Å². The molecule has 0 saturated heterocycles. The minimum atomic E-state index is 0.0233. The molecular weight excluding hydrogens is 757 g/mol. The van der Waals surface area contributed by atoms with Crippen LogP contribution < -0.4 is 14.5 Å². The third kappa shape index (κ3) is 7.63. The summed E-state index contributed by atoms with van der Waals surface area (Å²) in [6, 6.07) is 50.7. The molecule has 1 aliphatic rings. The second-order valence-electron chi connectivity index (χ2n) is 20.5. The molecule has 0 aliphatic carbocycles. The van der Waals surface area contributed by atoms with Crippen LogP contribution in [0, 0.1) is 0 Å². The summed E-state index contributed by atoms with van der Waals surface area (Å²) in [4.78, 5) is 10.0. The van der Waals surface area contributed by atoms with Gasteiger partial charge in [0, 0.05) is 46.0 Å². The molecule has 0 bridgehead atoms. The van der Waals surface area contributed by atoms with E-state index >= 15 is 0 Å². The summed E-state index contributed by atoms with van der Waals surface area (Å²) in [6.45, 7) is 25.8. The first kappa shape index (κ1) is 41.0. The number of ether oxygens (including phenoxy) is 1. The van der Waals surface area contributed by atoms with Crippen LogP contribution in [0.2, 0.25) is 0 Å². The molecule has 0 spiro atoms. The number of aromatic nitrogens is 2. The van der Waals surface area contributed by atoms with Crippen LogP contribution in [-0.4, -0.2) is 16.2 Å². The Hall–Kier alpha value is -6.33. The molecule has 5 heteroatoms. The van der Waals surface area contributed by atoms with Gasteiger partial charge in [-0.15, -0.1) is 0 Å². The zero-order valence-electron chi connectivity index (χ0n) is 38.3. The first-order valence-corrected chi connectivity index (χ1v) is 22.2. The van der Waals surface area contributed by atoms with Gasteiger partial charge in [-0.05, 0) is 111 Å². The zero-order valence-corrected chi connectivity index (χ0v) is 38.3. The lowest BCUT2D eigenvalue weighted by Gasteiger charge is -2.29. The van der Waals surface area contributed by atoms with E-state index in [1.807, 2.05) is 0 Å². The van der Waals surface area contributed by atoms with Gasteiger partial charge in [0.2, 0.25) is 0 Å². The van der Waals surface area contributed by atoms with Crippen molar-refractivity contribution in [2.75, 3.05) is 16.5 Å². The summed E-state index contributed by atoms with van der Waals surface area (Å²) in [7, 11) is 0. The Bertz CT molecular complexity index is 2920. The smallest absolute Gasteiger partial charge is 0.137 e. The third-order valence-electron chi connectivity index (χ3n) is 12.6. The highest BCUT2D eigenvalue weighted by molar-refractivity contribution is 6.09. The molecule has 0 amide bonds. The molecule has 8 aromatic rings. The summed E-state index contributed by atoms with van der Waals surface area (Å²) in [5.41, 5.74) is 14.6. The van der Waals surface area contributed by atoms with Crippen LogP contribution in [0.25, 0.3) is 38.8 Å². The number of hydrogen-bond acceptors (Lipinski definition) is 4. The Balaban J connectivity index is 1.06. The quantitative estimate of drug-likeness (QED) is 0.160. The maximum absolute atomic E-state index is 6.78. The van der Waals surface area contributed by atoms with Crippen LogP contribution in [-0.2, 0) is 16.2 Å². The topological polar surface area (TPSA) is 33.5 Å². The highest BCUT2D eigenvalue weighted by Gasteiger charge is 2.30. The van der Waals surface area contributed by atoms with Crippen molar-refractivity contribution in [2.45, 2.75) is 98.3 Å². The Morgan fingerprint density at radius 2 is 1.11 bits per heavy atom. The van der Waals surface area contributed by atoms with E-state index in [9.17, 15) is 0 Å². The lowest BCUT2D eigenvalue weighted by Crippen LogP contribution is -2.25. The van der Waals surface area contributed by atoms with Gasteiger partial charge < -0.3 is 14.5 Å². The van der Waals surface area contributed by atoms with Crippen molar-refractivity contribution < 1.29 is 4.74 Å². The lowest BCUT2D eigenvalue weighted by molar-refractivity contribution is 0.483. The molecule has 0 unspecified atom stereocenters. The first-order chi connectivity index (χ1) is 29.4. The highest BCUT2D eigenvalue weighted by atomic mass is 16.5. The number of benzene rings is 6. The average molecular weight is 817 g/mol. The molecule has 0 saturated carbocycles. The van der Waals surface area contributed by atoms with Gasteiger partial charge in [0.15, 0.2) is 0 Å². The van der Waals surface area contributed by atoms with Crippen LogP contribution in [0.1, 0.15) is 104 Å². The molecule has 0 atom stereocenters. The molecular formula is C57H60N4O. The van der Waals surface area contributed by atoms with Crippen LogP contribution >= 0.6 is 0 Å². The van der Waals surface area contributed by atoms with E-state index in [1.165, 1.54) is 55.8 Å². The molecule has 5 nitrogen and oxygen atoms in total. The number of para-hydroxylation sites is 3. The fraction of sp³-hybridized carbons (Fsp3) is 0.281. The summed E-state index contributed by atoms with van der Waals surface area (Å²) >= 11 is 0. The van der Waals surface area contributed by atoms with Crippen molar-refractivity contribution in [3.8, 4) is 28.4 Å². The second-order valence-corrected chi connectivity index (χ2v) is 20.5. The number of pyridine rings is 1. The standard InChI is InChI=1S/C57H60N4O/c1-37(2)48-34-54(58-35-49(48)38-23-25-39(26-24-38)55(3,4)5)61-50-20-13-12-19-46(50)47-28-27-45(33-53(47)61)62-44-18-16-17-42(32-44)59-36-60(52-22-15-14-21-51(52)59)43-30-40(56(6,7)8)29-41(31-43)57(9,10)11/h12-35,37H,36H2,1-11H3. The third-order valence-corrected chi connectivity index (χ3v) is 12.6. The normalized spacial score (nSPS) is 13.4. The van der Waals surface area contributed by atoms with Gasteiger partial charge in [-0.2, -0.15) is 0 Å². The molecule has 0 radical (unpaired) electrons. The Kier molecular flexibility index (Phi) is 10.1. The molecule has 0 fully saturated rings. The maximum Gasteiger partial charge on any atom is 0.137 e. The molecule has 6 aromatic carbocycles. The summed E-state index contributed by atoms with van der Waals surface area (Å²) in [5.74, 6) is 2.76. The van der Waals surface area contributed by atoms with Crippen molar-refractivity contribution in [1.82, 2.24) is 9.55 Å². The molecule has 314 valence electrons. The van der Waals surface area contributed by atoms with Crippen molar-refractivity contribution in [3.05, 3.63) is 168 Å². The van der Waals surface area contributed by atoms with E-state index in [0.717, 1.165) is 39.4 Å². The number of hydrogen-bond donors (Lipinski definition) is 0. The van der Waals surface area contributed by atoms with Crippen LogP contribution in [0.15, 0.2) is 146 Å². The lowest BCUT2D eigenvalue weighted by atomic mass is 9.80. The molecule has 0 N–H and O–H groups in total. The fourth-order valence-electron chi connectivity index (χ4n) is 8.85. The van der Waals surface area contributed by atoms with Crippen LogP contribution in [0.3, 0.4) is 0 Å². The number of nitrogens with zero attached hydrogens (tertiary/aromatic N) is 4. The number of anilines is 4. The van der Waals surface area contributed by atoms with Crippen molar-refractivity contribution >= 4 is 44.6 Å². The second kappa shape index (κ2) is 15.2. The SMILES string of the molecule is CC(C)c1cc(-n2c3ccccc3c3ccc(Oc4cccc(N5CN(c6cc(C(C)(C)C)cc(C(C)(C)C)c6)c6ccccc65)c4)cc32)ncc1-c1ccc(C(C)(C)C)cc1. The predicted octanol–water partition coefficient (Wildman–Crippen LogP) is 15.9. The van der Waals surface area contributed by atoms with Crippen LogP contribution in [0.5, 0.6) is 11.5 Å². The van der Waals surface area contributed by atoms with Crippen molar-refractivity contribution in [1.29, 1.82) is 0 Å². The number of rotatable bonds is 7. The largest absolute Gasteiger partial charge is 0.457 e. The summed E-state index contributed by atoms with van der Waals surface area (Å²) < 4.78 is 9.07.